The molecule has 3 aromatic rings. The predicted molar refractivity (Wildman–Crippen MR) is 146 cm³/mol. The van der Waals surface area contributed by atoms with Gasteiger partial charge in [-0.25, -0.2) is 0 Å². The van der Waals surface area contributed by atoms with Crippen molar-refractivity contribution in [2.24, 2.45) is 0 Å². The maximum Gasteiger partial charge on any atom is 0.0198 e. The summed E-state index contributed by atoms with van der Waals surface area (Å²) >= 11 is 1.94. The van der Waals surface area contributed by atoms with E-state index in [-0.39, 0.29) is 0 Å². The van der Waals surface area contributed by atoms with Crippen LogP contribution in [0.4, 0.5) is 0 Å². The Kier molecular flexibility index (Phi) is 5.49. The first-order chi connectivity index (χ1) is 15.7. The fraction of sp³-hybridized carbons (Fsp3) is 0.250. The van der Waals surface area contributed by atoms with Gasteiger partial charge in [-0.05, 0) is 139 Å². The van der Waals surface area contributed by atoms with Crippen LogP contribution >= 0.6 is 11.8 Å². The van der Waals surface area contributed by atoms with E-state index in [1.807, 2.05) is 11.8 Å². The monoisotopic (exact) mass is 448 g/mol. The second kappa shape index (κ2) is 8.22. The zero-order valence-corrected chi connectivity index (χ0v) is 21.5. The van der Waals surface area contributed by atoms with Crippen LogP contribution in [0.2, 0.25) is 0 Å². The number of hydrogen-bond donors (Lipinski definition) is 0. The molecule has 0 unspecified atom stereocenters. The molecule has 1 heteroatoms. The summed E-state index contributed by atoms with van der Waals surface area (Å²) in [5.41, 5.74) is 17.4. The summed E-state index contributed by atoms with van der Waals surface area (Å²) in [6, 6.07) is 16.2. The third kappa shape index (κ3) is 3.83. The van der Waals surface area contributed by atoms with Crippen LogP contribution in [0.15, 0.2) is 70.5 Å². The molecule has 33 heavy (non-hydrogen) atoms. The van der Waals surface area contributed by atoms with Gasteiger partial charge in [0.15, 0.2) is 0 Å². The van der Waals surface area contributed by atoms with Crippen LogP contribution in [-0.2, 0) is 0 Å². The number of hydrogen-bond acceptors (Lipinski definition) is 1. The molecule has 0 aromatic heterocycles. The van der Waals surface area contributed by atoms with E-state index in [0.29, 0.717) is 0 Å². The minimum Gasteiger partial charge on any atom is -0.0932 e. The number of benzene rings is 3. The van der Waals surface area contributed by atoms with Crippen LogP contribution in [0.3, 0.4) is 0 Å². The van der Waals surface area contributed by atoms with E-state index in [1.165, 1.54) is 82.2 Å². The number of thioether (sulfide) groups is 1. The molecule has 166 valence electrons. The number of allylic oxidation sites excluding steroid dienone is 5. The molecule has 0 bridgehead atoms. The van der Waals surface area contributed by atoms with Crippen molar-refractivity contribution in [2.45, 2.75) is 59.3 Å². The van der Waals surface area contributed by atoms with Crippen LogP contribution in [0.5, 0.6) is 0 Å². The van der Waals surface area contributed by atoms with Crippen LogP contribution in [-0.4, -0.2) is 0 Å². The highest BCUT2D eigenvalue weighted by Gasteiger charge is 2.26. The molecule has 0 nitrogen and oxygen atoms in total. The Morgan fingerprint density at radius 3 is 1.88 bits per heavy atom. The van der Waals surface area contributed by atoms with Crippen LogP contribution < -0.4 is 0 Å². The fourth-order valence-electron chi connectivity index (χ4n) is 5.88. The molecule has 0 saturated heterocycles. The second-order valence-electron chi connectivity index (χ2n) is 9.85. The zero-order chi connectivity index (χ0) is 23.4. The van der Waals surface area contributed by atoms with Crippen molar-refractivity contribution in [3.05, 3.63) is 110 Å². The Hall–Kier alpha value is -2.77. The standard InChI is InChI=1S/C32H32S/c1-18-12-20(3)31(21(4)13-18)25-8-10-29-27(16-25)24(7)28-17-26(9-11-30(28)33-29)32-22(5)14-19(2)15-23(32)6/h8,10,12-17H,7,9,11H2,1-6H3. The highest BCUT2D eigenvalue weighted by atomic mass is 32.2. The average Bonchev–Trinajstić information content (AvgIpc) is 2.73. The van der Waals surface area contributed by atoms with Gasteiger partial charge in [0.05, 0.1) is 0 Å². The molecule has 0 fully saturated rings. The summed E-state index contributed by atoms with van der Waals surface area (Å²) in [5.74, 6) is 0. The van der Waals surface area contributed by atoms with Crippen molar-refractivity contribution in [3.8, 4) is 11.1 Å². The van der Waals surface area contributed by atoms with E-state index >= 15 is 0 Å². The van der Waals surface area contributed by atoms with Crippen molar-refractivity contribution in [1.82, 2.24) is 0 Å². The lowest BCUT2D eigenvalue weighted by Crippen LogP contribution is -2.06. The lowest BCUT2D eigenvalue weighted by atomic mass is 9.84. The summed E-state index contributed by atoms with van der Waals surface area (Å²) in [5, 5.41) is 0. The Bertz CT molecular complexity index is 1350. The molecule has 0 N–H and O–H groups in total. The van der Waals surface area contributed by atoms with E-state index < -0.39 is 0 Å². The largest absolute Gasteiger partial charge is 0.0932 e. The first-order valence-corrected chi connectivity index (χ1v) is 12.7. The molecule has 5 rings (SSSR count). The molecule has 0 radical (unpaired) electrons. The molecule has 1 aliphatic heterocycles. The van der Waals surface area contributed by atoms with E-state index in [1.54, 1.807) is 0 Å². The number of aryl methyl sites for hydroxylation is 6. The SMILES string of the molecule is C=C1C2=C(CCC(c3c(C)cc(C)cc3C)=C2)Sc2ccc(-c3c(C)cc(C)cc3C)cc21. The summed E-state index contributed by atoms with van der Waals surface area (Å²) in [6.45, 7) is 17.9. The van der Waals surface area contributed by atoms with Crippen molar-refractivity contribution in [2.75, 3.05) is 0 Å². The number of rotatable bonds is 2. The first-order valence-electron chi connectivity index (χ1n) is 11.8. The molecule has 0 saturated carbocycles. The molecule has 1 heterocycles. The van der Waals surface area contributed by atoms with Crippen molar-refractivity contribution >= 4 is 22.9 Å². The smallest absolute Gasteiger partial charge is 0.0198 e. The molecule has 0 atom stereocenters. The summed E-state index contributed by atoms with van der Waals surface area (Å²) < 4.78 is 0. The van der Waals surface area contributed by atoms with Gasteiger partial charge in [-0.3, -0.25) is 0 Å². The van der Waals surface area contributed by atoms with E-state index in [9.17, 15) is 0 Å². The van der Waals surface area contributed by atoms with Gasteiger partial charge in [-0.15, -0.1) is 0 Å². The van der Waals surface area contributed by atoms with E-state index in [0.717, 1.165) is 12.8 Å². The van der Waals surface area contributed by atoms with Crippen LogP contribution in [0.25, 0.3) is 22.3 Å². The quantitative estimate of drug-likeness (QED) is 0.376. The van der Waals surface area contributed by atoms with E-state index in [2.05, 4.69) is 96.7 Å². The first kappa shape index (κ1) is 22.0. The molecule has 3 aromatic carbocycles. The average molecular weight is 449 g/mol. The Morgan fingerprint density at radius 2 is 1.27 bits per heavy atom. The Balaban J connectivity index is 1.58. The third-order valence-corrected chi connectivity index (χ3v) is 8.31. The lowest BCUT2D eigenvalue weighted by molar-refractivity contribution is 1.02. The maximum absolute atomic E-state index is 4.60. The minimum atomic E-state index is 1.09. The van der Waals surface area contributed by atoms with Crippen LogP contribution in [0.1, 0.15) is 57.3 Å². The van der Waals surface area contributed by atoms with Crippen molar-refractivity contribution < 1.29 is 0 Å². The normalized spacial score (nSPS) is 15.3. The van der Waals surface area contributed by atoms with Crippen molar-refractivity contribution in [1.29, 1.82) is 0 Å². The fourth-order valence-corrected chi connectivity index (χ4v) is 7.07. The topological polar surface area (TPSA) is 0 Å². The predicted octanol–water partition coefficient (Wildman–Crippen LogP) is 9.45. The van der Waals surface area contributed by atoms with E-state index in [4.69, 9.17) is 0 Å². The summed E-state index contributed by atoms with van der Waals surface area (Å²) in [7, 11) is 0. The second-order valence-corrected chi connectivity index (χ2v) is 11.0. The van der Waals surface area contributed by atoms with Gasteiger partial charge in [0.2, 0.25) is 0 Å². The summed E-state index contributed by atoms with van der Waals surface area (Å²) in [6.07, 6.45) is 4.62. The van der Waals surface area contributed by atoms with Gasteiger partial charge in [0, 0.05) is 4.90 Å². The highest BCUT2D eigenvalue weighted by Crippen LogP contribution is 2.51. The van der Waals surface area contributed by atoms with Gasteiger partial charge in [0.25, 0.3) is 0 Å². The van der Waals surface area contributed by atoms with Gasteiger partial charge >= 0.3 is 0 Å². The maximum atomic E-state index is 4.60. The third-order valence-electron chi connectivity index (χ3n) is 7.07. The lowest BCUT2D eigenvalue weighted by Gasteiger charge is -2.29. The number of fused-ring (bicyclic) bond motifs is 1. The van der Waals surface area contributed by atoms with Gasteiger partial charge in [-0.1, -0.05) is 59.8 Å². The highest BCUT2D eigenvalue weighted by molar-refractivity contribution is 8.03. The van der Waals surface area contributed by atoms with Gasteiger partial charge in [0.1, 0.15) is 0 Å². The Labute approximate surface area is 203 Å². The molecule has 1 aliphatic carbocycles. The minimum absolute atomic E-state index is 1.09. The van der Waals surface area contributed by atoms with Crippen LogP contribution in [0, 0.1) is 41.5 Å². The van der Waals surface area contributed by atoms with Gasteiger partial charge < -0.3 is 0 Å². The van der Waals surface area contributed by atoms with Crippen molar-refractivity contribution in [3.63, 3.8) is 0 Å². The summed E-state index contributed by atoms with van der Waals surface area (Å²) in [4.78, 5) is 2.80. The molecular weight excluding hydrogens is 416 g/mol. The van der Waals surface area contributed by atoms with Gasteiger partial charge in [-0.2, -0.15) is 0 Å². The Morgan fingerprint density at radius 1 is 0.697 bits per heavy atom. The molecule has 0 amide bonds. The molecule has 0 spiro atoms. The molecule has 2 aliphatic rings. The zero-order valence-electron chi connectivity index (χ0n) is 20.6. The molecular formula is C32H32S.